The van der Waals surface area contributed by atoms with Crippen LogP contribution in [0.25, 0.3) is 0 Å². The fraction of sp³-hybridized carbons (Fsp3) is 1.00. The molecule has 0 amide bonds. The van der Waals surface area contributed by atoms with Crippen LogP contribution in [0.15, 0.2) is 0 Å². The molecule has 3 nitrogen and oxygen atoms in total. The summed E-state index contributed by atoms with van der Waals surface area (Å²) in [6.07, 6.45) is 6.90. The van der Waals surface area contributed by atoms with Crippen molar-refractivity contribution < 1.29 is 0 Å². The lowest BCUT2D eigenvalue weighted by atomic mass is 9.83. The summed E-state index contributed by atoms with van der Waals surface area (Å²) in [5.74, 6) is 0.842. The highest BCUT2D eigenvalue weighted by atomic mass is 15.3. The summed E-state index contributed by atoms with van der Waals surface area (Å²) in [5, 5.41) is 3.82. The number of nitrogens with zero attached hydrogens (tertiary/aromatic N) is 2. The lowest BCUT2D eigenvalue weighted by molar-refractivity contribution is 0.0708. The zero-order chi connectivity index (χ0) is 18.5. The van der Waals surface area contributed by atoms with Crippen LogP contribution >= 0.6 is 0 Å². The van der Waals surface area contributed by atoms with Crippen LogP contribution in [0.3, 0.4) is 0 Å². The maximum atomic E-state index is 3.82. The summed E-state index contributed by atoms with van der Waals surface area (Å²) in [7, 11) is 0. The maximum Gasteiger partial charge on any atom is 0.0113 e. The second-order valence-electron chi connectivity index (χ2n) is 10.1. The van der Waals surface area contributed by atoms with Crippen LogP contribution in [0.1, 0.15) is 73.6 Å². The molecule has 1 saturated heterocycles. The van der Waals surface area contributed by atoms with Crippen LogP contribution < -0.4 is 5.32 Å². The van der Waals surface area contributed by atoms with E-state index in [0.29, 0.717) is 16.9 Å². The second kappa shape index (κ2) is 9.19. The van der Waals surface area contributed by atoms with Crippen LogP contribution in [0.4, 0.5) is 0 Å². The summed E-state index contributed by atoms with van der Waals surface area (Å²) in [6.45, 7) is 23.0. The lowest BCUT2D eigenvalue weighted by Crippen LogP contribution is -2.51. The fourth-order valence-electron chi connectivity index (χ4n) is 4.58. The smallest absolute Gasteiger partial charge is 0.0113 e. The number of rotatable bonds is 11. The van der Waals surface area contributed by atoms with Crippen molar-refractivity contribution in [1.29, 1.82) is 0 Å². The Bertz CT molecular complexity index is 381. The van der Waals surface area contributed by atoms with Gasteiger partial charge in [-0.1, -0.05) is 27.7 Å². The Labute approximate surface area is 157 Å². The van der Waals surface area contributed by atoms with E-state index in [2.05, 4.69) is 56.7 Å². The topological polar surface area (TPSA) is 18.5 Å². The van der Waals surface area contributed by atoms with Crippen molar-refractivity contribution in [1.82, 2.24) is 15.1 Å². The highest BCUT2D eigenvalue weighted by Gasteiger charge is 2.42. The van der Waals surface area contributed by atoms with E-state index < -0.39 is 0 Å². The molecule has 1 saturated carbocycles. The standard InChI is InChI=1S/C22H45N3/c1-7-21(6,18-24-12-14-25(15-13-24)20(4)5)10-11-23-17-22(8-9-22)16-19(2)3/h19-20,23H,7-18H2,1-6H3. The van der Waals surface area contributed by atoms with E-state index in [1.807, 2.05) is 0 Å². The lowest BCUT2D eigenvalue weighted by Gasteiger charge is -2.41. The van der Waals surface area contributed by atoms with Gasteiger partial charge in [0.2, 0.25) is 0 Å². The van der Waals surface area contributed by atoms with Crippen LogP contribution in [-0.2, 0) is 0 Å². The minimum Gasteiger partial charge on any atom is -0.316 e. The first-order chi connectivity index (χ1) is 11.8. The molecule has 2 fully saturated rings. The van der Waals surface area contributed by atoms with E-state index in [0.717, 1.165) is 5.92 Å². The second-order valence-corrected chi connectivity index (χ2v) is 10.1. The maximum absolute atomic E-state index is 3.82. The van der Waals surface area contributed by atoms with Crippen molar-refractivity contribution in [3.8, 4) is 0 Å². The van der Waals surface area contributed by atoms with Crippen LogP contribution in [-0.4, -0.2) is 61.7 Å². The molecule has 1 atom stereocenters. The minimum absolute atomic E-state index is 0.460. The summed E-state index contributed by atoms with van der Waals surface area (Å²) in [5.41, 5.74) is 1.12. The van der Waals surface area contributed by atoms with Gasteiger partial charge in [0, 0.05) is 45.3 Å². The molecule has 1 heterocycles. The molecule has 2 aliphatic rings. The molecule has 0 spiro atoms. The van der Waals surface area contributed by atoms with Gasteiger partial charge in [0.05, 0.1) is 0 Å². The molecule has 0 aromatic carbocycles. The summed E-state index contributed by atoms with van der Waals surface area (Å²) in [6, 6.07) is 0.699. The normalized spacial score (nSPS) is 24.0. The van der Waals surface area contributed by atoms with Crippen LogP contribution in [0, 0.1) is 16.7 Å². The Morgan fingerprint density at radius 3 is 2.16 bits per heavy atom. The van der Waals surface area contributed by atoms with Crippen molar-refractivity contribution in [2.24, 2.45) is 16.7 Å². The quantitative estimate of drug-likeness (QED) is 0.562. The van der Waals surface area contributed by atoms with E-state index in [-0.39, 0.29) is 0 Å². The summed E-state index contributed by atoms with van der Waals surface area (Å²) >= 11 is 0. The van der Waals surface area contributed by atoms with Crippen LogP contribution in [0.5, 0.6) is 0 Å². The number of nitrogens with one attached hydrogen (secondary N) is 1. The summed E-state index contributed by atoms with van der Waals surface area (Å²) in [4.78, 5) is 5.33. The SMILES string of the molecule is CCC(C)(CCNCC1(CC(C)C)CC1)CN1CCN(C(C)C)CC1. The molecule has 1 aliphatic carbocycles. The molecule has 1 unspecified atom stereocenters. The third-order valence-electron chi connectivity index (χ3n) is 6.80. The van der Waals surface area contributed by atoms with E-state index in [4.69, 9.17) is 0 Å². The fourth-order valence-corrected chi connectivity index (χ4v) is 4.58. The Morgan fingerprint density at radius 1 is 1.04 bits per heavy atom. The van der Waals surface area contributed by atoms with E-state index >= 15 is 0 Å². The monoisotopic (exact) mass is 351 g/mol. The van der Waals surface area contributed by atoms with Crippen LogP contribution in [0.2, 0.25) is 0 Å². The Hall–Kier alpha value is -0.120. The molecular weight excluding hydrogens is 306 g/mol. The molecule has 0 bridgehead atoms. The Morgan fingerprint density at radius 2 is 1.68 bits per heavy atom. The van der Waals surface area contributed by atoms with Crippen molar-refractivity contribution >= 4 is 0 Å². The van der Waals surface area contributed by atoms with Gasteiger partial charge in [0.1, 0.15) is 0 Å². The van der Waals surface area contributed by atoms with Gasteiger partial charge in [-0.15, -0.1) is 0 Å². The molecule has 0 radical (unpaired) electrons. The minimum atomic E-state index is 0.460. The van der Waals surface area contributed by atoms with Gasteiger partial charge in [-0.2, -0.15) is 0 Å². The third-order valence-corrected chi connectivity index (χ3v) is 6.80. The average molecular weight is 352 g/mol. The number of hydrogen-bond donors (Lipinski definition) is 1. The van der Waals surface area contributed by atoms with Gasteiger partial charge in [-0.05, 0) is 69.2 Å². The van der Waals surface area contributed by atoms with Gasteiger partial charge >= 0.3 is 0 Å². The largest absolute Gasteiger partial charge is 0.316 e. The zero-order valence-corrected chi connectivity index (χ0v) is 18.0. The third kappa shape index (κ3) is 6.84. The molecule has 1 aliphatic heterocycles. The first-order valence-electron chi connectivity index (χ1n) is 10.9. The van der Waals surface area contributed by atoms with Gasteiger partial charge in [-0.25, -0.2) is 0 Å². The Balaban J connectivity index is 1.68. The zero-order valence-electron chi connectivity index (χ0n) is 18.0. The van der Waals surface area contributed by atoms with Gasteiger partial charge in [-0.3, -0.25) is 4.90 Å². The number of piperazine rings is 1. The van der Waals surface area contributed by atoms with Gasteiger partial charge in [0.25, 0.3) is 0 Å². The molecule has 2 rings (SSSR count). The first kappa shape index (κ1) is 21.2. The van der Waals surface area contributed by atoms with Crippen molar-refractivity contribution in [2.75, 3.05) is 45.8 Å². The van der Waals surface area contributed by atoms with E-state index in [9.17, 15) is 0 Å². The molecule has 148 valence electrons. The average Bonchev–Trinajstić information content (AvgIpc) is 3.31. The van der Waals surface area contributed by atoms with Gasteiger partial charge in [0.15, 0.2) is 0 Å². The molecule has 3 heteroatoms. The summed E-state index contributed by atoms with van der Waals surface area (Å²) < 4.78 is 0. The highest BCUT2D eigenvalue weighted by Crippen LogP contribution is 2.50. The van der Waals surface area contributed by atoms with Crippen molar-refractivity contribution in [2.45, 2.75) is 79.7 Å². The van der Waals surface area contributed by atoms with Gasteiger partial charge < -0.3 is 10.2 Å². The molecule has 25 heavy (non-hydrogen) atoms. The Kier molecular flexibility index (Phi) is 7.79. The predicted molar refractivity (Wildman–Crippen MR) is 110 cm³/mol. The van der Waals surface area contributed by atoms with Crippen molar-refractivity contribution in [3.63, 3.8) is 0 Å². The van der Waals surface area contributed by atoms with E-state index in [1.54, 1.807) is 0 Å². The first-order valence-corrected chi connectivity index (χ1v) is 10.9. The number of hydrogen-bond acceptors (Lipinski definition) is 3. The molecule has 0 aromatic heterocycles. The van der Waals surface area contributed by atoms with E-state index in [1.165, 1.54) is 77.9 Å². The molecular formula is C22H45N3. The highest BCUT2D eigenvalue weighted by molar-refractivity contribution is 4.95. The van der Waals surface area contributed by atoms with Crippen molar-refractivity contribution in [3.05, 3.63) is 0 Å². The molecule has 1 N–H and O–H groups in total. The molecule has 0 aromatic rings. The predicted octanol–water partition coefficient (Wildman–Crippen LogP) is 4.23.